The Morgan fingerprint density at radius 1 is 1.07 bits per heavy atom. The molecule has 150 valence electrons. The van der Waals surface area contributed by atoms with Crippen molar-refractivity contribution in [2.45, 2.75) is 38.1 Å². The zero-order chi connectivity index (χ0) is 20.7. The van der Waals surface area contributed by atoms with Gasteiger partial charge >= 0.3 is 5.97 Å². The molecule has 0 bridgehead atoms. The third-order valence-electron chi connectivity index (χ3n) is 4.92. The minimum atomic E-state index is -1.43. The number of carbonyl (C=O) groups is 2. The Hall–Kier alpha value is -3.41. The number of oxazole rings is 1. The summed E-state index contributed by atoms with van der Waals surface area (Å²) in [7, 11) is 0. The highest BCUT2D eigenvalue weighted by molar-refractivity contribution is 5.88. The van der Waals surface area contributed by atoms with Gasteiger partial charge in [-0.2, -0.15) is 0 Å². The molecule has 1 amide bonds. The van der Waals surface area contributed by atoms with E-state index in [0.717, 1.165) is 5.56 Å². The van der Waals surface area contributed by atoms with Gasteiger partial charge in [-0.05, 0) is 18.4 Å². The van der Waals surface area contributed by atoms with Crippen LogP contribution in [-0.4, -0.2) is 22.0 Å². The highest BCUT2D eigenvalue weighted by Crippen LogP contribution is 2.26. The maximum Gasteiger partial charge on any atom is 0.334 e. The van der Waals surface area contributed by atoms with Crippen molar-refractivity contribution in [2.75, 3.05) is 0 Å². The molecule has 3 aromatic rings. The Bertz CT molecular complexity index is 953. The summed E-state index contributed by atoms with van der Waals surface area (Å²) in [5, 5.41) is 12.5. The molecule has 0 saturated carbocycles. The monoisotopic (exact) mass is 392 g/mol. The quantitative estimate of drug-likeness (QED) is 0.570. The van der Waals surface area contributed by atoms with E-state index < -0.39 is 11.5 Å². The van der Waals surface area contributed by atoms with Crippen LogP contribution in [0.25, 0.3) is 11.3 Å². The lowest BCUT2D eigenvalue weighted by Crippen LogP contribution is -2.51. The Kier molecular flexibility index (Phi) is 6.44. The van der Waals surface area contributed by atoms with Crippen LogP contribution in [0, 0.1) is 0 Å². The molecule has 0 aliphatic carbocycles. The lowest BCUT2D eigenvalue weighted by molar-refractivity contribution is -0.148. The van der Waals surface area contributed by atoms with Crippen LogP contribution in [0.2, 0.25) is 0 Å². The van der Waals surface area contributed by atoms with Crippen molar-refractivity contribution in [3.05, 3.63) is 78.3 Å². The van der Waals surface area contributed by atoms with Gasteiger partial charge < -0.3 is 14.8 Å². The molecular formula is C23H24N2O4. The van der Waals surface area contributed by atoms with Gasteiger partial charge in [-0.1, -0.05) is 67.6 Å². The fourth-order valence-electron chi connectivity index (χ4n) is 3.28. The zero-order valence-electron chi connectivity index (χ0n) is 16.3. The predicted molar refractivity (Wildman–Crippen MR) is 109 cm³/mol. The van der Waals surface area contributed by atoms with Crippen molar-refractivity contribution < 1.29 is 19.1 Å². The number of aliphatic carboxylic acids is 1. The number of nitrogens with zero attached hydrogens (tertiary/aromatic N) is 1. The smallest absolute Gasteiger partial charge is 0.334 e. The summed E-state index contributed by atoms with van der Waals surface area (Å²) in [4.78, 5) is 28.7. The molecule has 2 aromatic carbocycles. The minimum Gasteiger partial charge on any atom is -0.479 e. The first-order valence-electron chi connectivity index (χ1n) is 9.65. The first kappa shape index (κ1) is 20.3. The van der Waals surface area contributed by atoms with Crippen molar-refractivity contribution in [1.29, 1.82) is 0 Å². The number of amides is 1. The summed E-state index contributed by atoms with van der Waals surface area (Å²) >= 11 is 0. The van der Waals surface area contributed by atoms with Crippen LogP contribution in [0.1, 0.15) is 37.6 Å². The van der Waals surface area contributed by atoms with Gasteiger partial charge in [-0.15, -0.1) is 0 Å². The lowest BCUT2D eigenvalue weighted by Gasteiger charge is -2.30. The Morgan fingerprint density at radius 3 is 2.34 bits per heavy atom. The van der Waals surface area contributed by atoms with Gasteiger partial charge in [0, 0.05) is 18.4 Å². The van der Waals surface area contributed by atoms with Gasteiger partial charge in [0.2, 0.25) is 5.91 Å². The molecular weight excluding hydrogens is 368 g/mol. The topological polar surface area (TPSA) is 92.4 Å². The average molecular weight is 392 g/mol. The van der Waals surface area contributed by atoms with Crippen LogP contribution in [0.3, 0.4) is 0 Å². The number of aromatic nitrogens is 1. The Balaban J connectivity index is 1.59. The maximum atomic E-state index is 12.5. The number of hydrogen-bond donors (Lipinski definition) is 2. The number of nitrogens with one attached hydrogen (secondary N) is 1. The van der Waals surface area contributed by atoms with Crippen molar-refractivity contribution in [3.8, 4) is 11.3 Å². The number of rotatable bonds is 9. The van der Waals surface area contributed by atoms with Crippen molar-refractivity contribution >= 4 is 11.9 Å². The second-order valence-electron chi connectivity index (χ2n) is 6.82. The van der Waals surface area contributed by atoms with E-state index in [9.17, 15) is 14.7 Å². The van der Waals surface area contributed by atoms with Crippen molar-refractivity contribution in [1.82, 2.24) is 10.3 Å². The predicted octanol–water partition coefficient (Wildman–Crippen LogP) is 4.17. The minimum absolute atomic E-state index is 0.185. The molecule has 0 fully saturated rings. The molecule has 0 aliphatic heterocycles. The van der Waals surface area contributed by atoms with Crippen LogP contribution in [0.15, 0.2) is 71.3 Å². The van der Waals surface area contributed by atoms with Gasteiger partial charge in [0.15, 0.2) is 17.2 Å². The van der Waals surface area contributed by atoms with Gasteiger partial charge in [-0.25, -0.2) is 9.78 Å². The molecule has 1 unspecified atom stereocenters. The molecule has 0 aliphatic rings. The van der Waals surface area contributed by atoms with E-state index in [1.165, 1.54) is 0 Å². The number of benzene rings is 2. The van der Waals surface area contributed by atoms with Gasteiger partial charge in [0.05, 0.1) is 6.20 Å². The van der Waals surface area contributed by atoms with Crippen LogP contribution < -0.4 is 5.32 Å². The summed E-state index contributed by atoms with van der Waals surface area (Å²) in [6.07, 6.45) is 3.11. The first-order valence-corrected chi connectivity index (χ1v) is 9.65. The second-order valence-corrected chi connectivity index (χ2v) is 6.82. The van der Waals surface area contributed by atoms with Gasteiger partial charge in [-0.3, -0.25) is 4.79 Å². The van der Waals surface area contributed by atoms with Crippen molar-refractivity contribution in [2.24, 2.45) is 0 Å². The molecule has 29 heavy (non-hydrogen) atoms. The molecule has 1 aromatic heterocycles. The first-order chi connectivity index (χ1) is 14.0. The van der Waals surface area contributed by atoms with Crippen LogP contribution in [0.5, 0.6) is 0 Å². The maximum absolute atomic E-state index is 12.5. The van der Waals surface area contributed by atoms with E-state index in [1.807, 2.05) is 36.4 Å². The molecule has 1 heterocycles. The van der Waals surface area contributed by atoms with E-state index in [1.54, 1.807) is 37.4 Å². The molecule has 0 saturated heterocycles. The number of hydrogen-bond acceptors (Lipinski definition) is 4. The number of carboxylic acids is 1. The summed E-state index contributed by atoms with van der Waals surface area (Å²) in [5.74, 6) is -0.141. The summed E-state index contributed by atoms with van der Waals surface area (Å²) in [5.41, 5.74) is 0.0754. The number of carbonyl (C=O) groups excluding carboxylic acids is 1. The third-order valence-corrected chi connectivity index (χ3v) is 4.92. The Labute approximate surface area is 169 Å². The van der Waals surface area contributed by atoms with Crippen LogP contribution in [0.4, 0.5) is 0 Å². The van der Waals surface area contributed by atoms with Gasteiger partial charge in [0.1, 0.15) is 0 Å². The van der Waals surface area contributed by atoms with Crippen molar-refractivity contribution in [3.63, 3.8) is 0 Å². The Morgan fingerprint density at radius 2 is 1.72 bits per heavy atom. The van der Waals surface area contributed by atoms with Crippen LogP contribution >= 0.6 is 0 Å². The van der Waals surface area contributed by atoms with E-state index in [0.29, 0.717) is 30.1 Å². The molecule has 2 N–H and O–H groups in total. The van der Waals surface area contributed by atoms with Crippen LogP contribution in [-0.2, 0) is 21.5 Å². The summed E-state index contributed by atoms with van der Waals surface area (Å²) < 4.78 is 5.74. The molecule has 0 radical (unpaired) electrons. The van der Waals surface area contributed by atoms with E-state index in [4.69, 9.17) is 4.42 Å². The SMILES string of the molecule is CCC(NC(=O)CCCc1ncc(-c2ccccc2)o1)(C(=O)O)c1ccccc1. The molecule has 1 atom stereocenters. The molecule has 0 spiro atoms. The third kappa shape index (κ3) is 4.71. The number of carboxylic acid groups (broad SMARTS) is 1. The normalized spacial score (nSPS) is 12.9. The fraction of sp³-hybridized carbons (Fsp3) is 0.261. The lowest BCUT2D eigenvalue weighted by atomic mass is 9.87. The summed E-state index contributed by atoms with van der Waals surface area (Å²) in [6.45, 7) is 1.75. The van der Waals surface area contributed by atoms with Gasteiger partial charge in [0.25, 0.3) is 0 Å². The largest absolute Gasteiger partial charge is 0.479 e. The number of aryl methyl sites for hydroxylation is 1. The summed E-state index contributed by atoms with van der Waals surface area (Å²) in [6, 6.07) is 18.5. The van der Waals surface area contributed by atoms with E-state index >= 15 is 0 Å². The van der Waals surface area contributed by atoms with E-state index in [2.05, 4.69) is 10.3 Å². The second kappa shape index (κ2) is 9.19. The molecule has 6 heteroatoms. The highest BCUT2D eigenvalue weighted by Gasteiger charge is 2.39. The zero-order valence-corrected chi connectivity index (χ0v) is 16.3. The molecule has 6 nitrogen and oxygen atoms in total. The highest BCUT2D eigenvalue weighted by atomic mass is 16.4. The molecule has 3 rings (SSSR count). The average Bonchev–Trinajstić information content (AvgIpc) is 3.22. The fourth-order valence-corrected chi connectivity index (χ4v) is 3.28. The van der Waals surface area contributed by atoms with E-state index in [-0.39, 0.29) is 18.7 Å². The standard InChI is InChI=1S/C23H24N2O4/c1-2-23(22(27)28,18-12-7-4-8-13-18)25-20(26)14-9-15-21-24-16-19(29-21)17-10-5-3-6-11-17/h3-8,10-13,16H,2,9,14-15H2,1H3,(H,25,26)(H,27,28).